The molecule has 3 N–H and O–H groups in total. The molecule has 2 aromatic carbocycles. The fourth-order valence-electron chi connectivity index (χ4n) is 1.64. The predicted octanol–water partition coefficient (Wildman–Crippen LogP) is 3.79. The molecule has 0 aliphatic carbocycles. The molecule has 2 aromatic rings. The molecule has 0 aliphatic heterocycles. The maximum Gasteiger partial charge on any atom is 0.106 e. The van der Waals surface area contributed by atoms with Gasteiger partial charge in [-0.15, -0.1) is 11.8 Å². The van der Waals surface area contributed by atoms with Crippen molar-refractivity contribution in [3.8, 4) is 0 Å². The first-order valence-corrected chi connectivity index (χ1v) is 7.14. The maximum atomic E-state index is 5.70. The number of nitrogens with two attached hydrogens (primary N) is 1. The first-order valence-electron chi connectivity index (χ1n) is 5.50. The molecule has 0 unspecified atom stereocenters. The Hall–Kier alpha value is -1.52. The lowest BCUT2D eigenvalue weighted by molar-refractivity contribution is 1.44. The molecule has 4 heteroatoms. The van der Waals surface area contributed by atoms with Gasteiger partial charge in [0.1, 0.15) is 4.99 Å². The molecule has 0 fully saturated rings. The van der Waals surface area contributed by atoms with Crippen LogP contribution in [0.15, 0.2) is 53.4 Å². The van der Waals surface area contributed by atoms with Crippen molar-refractivity contribution in [3.63, 3.8) is 0 Å². The summed E-state index contributed by atoms with van der Waals surface area (Å²) < 4.78 is 0. The maximum absolute atomic E-state index is 5.70. The monoisotopic (exact) mass is 274 g/mol. The van der Waals surface area contributed by atoms with Crippen LogP contribution < -0.4 is 11.1 Å². The average molecular weight is 274 g/mol. The molecule has 0 radical (unpaired) electrons. The zero-order valence-electron chi connectivity index (χ0n) is 10.0. The number of nitrogens with one attached hydrogen (secondary N) is 1. The molecular formula is C14H14N2S2. The van der Waals surface area contributed by atoms with Gasteiger partial charge in [-0.3, -0.25) is 0 Å². The van der Waals surface area contributed by atoms with Crippen LogP contribution in [-0.2, 0) is 0 Å². The zero-order chi connectivity index (χ0) is 13.0. The lowest BCUT2D eigenvalue weighted by Crippen LogP contribution is -2.11. The normalized spacial score (nSPS) is 10.1. The number of hydrogen-bond donors (Lipinski definition) is 2. The minimum absolute atomic E-state index is 0.402. The van der Waals surface area contributed by atoms with E-state index in [9.17, 15) is 0 Å². The van der Waals surface area contributed by atoms with Gasteiger partial charge >= 0.3 is 0 Å². The number of para-hydroxylation sites is 1. The summed E-state index contributed by atoms with van der Waals surface area (Å²) in [5, 5.41) is 3.33. The van der Waals surface area contributed by atoms with E-state index < -0.39 is 0 Å². The lowest BCUT2D eigenvalue weighted by atomic mass is 10.1. The Morgan fingerprint density at radius 2 is 1.78 bits per heavy atom. The van der Waals surface area contributed by atoms with E-state index in [4.69, 9.17) is 18.0 Å². The molecule has 92 valence electrons. The van der Waals surface area contributed by atoms with E-state index in [1.807, 2.05) is 36.4 Å². The van der Waals surface area contributed by atoms with Gasteiger partial charge in [-0.25, -0.2) is 0 Å². The molecule has 0 amide bonds. The fourth-order valence-corrected chi connectivity index (χ4v) is 2.22. The van der Waals surface area contributed by atoms with Gasteiger partial charge in [0.25, 0.3) is 0 Å². The van der Waals surface area contributed by atoms with Crippen molar-refractivity contribution in [1.82, 2.24) is 0 Å². The van der Waals surface area contributed by atoms with E-state index in [1.165, 1.54) is 4.90 Å². The van der Waals surface area contributed by atoms with Crippen LogP contribution >= 0.6 is 24.0 Å². The molecule has 2 rings (SSSR count). The van der Waals surface area contributed by atoms with Gasteiger partial charge in [0, 0.05) is 21.8 Å². The van der Waals surface area contributed by atoms with E-state index in [2.05, 4.69) is 23.7 Å². The minimum Gasteiger partial charge on any atom is -0.389 e. The van der Waals surface area contributed by atoms with Crippen molar-refractivity contribution < 1.29 is 0 Å². The van der Waals surface area contributed by atoms with Crippen LogP contribution in [0.4, 0.5) is 11.4 Å². The Balaban J connectivity index is 2.25. The second-order valence-electron chi connectivity index (χ2n) is 3.76. The van der Waals surface area contributed by atoms with Gasteiger partial charge in [0.2, 0.25) is 0 Å². The molecule has 2 nitrogen and oxygen atoms in total. The van der Waals surface area contributed by atoms with Crippen LogP contribution in [0.3, 0.4) is 0 Å². The highest BCUT2D eigenvalue weighted by molar-refractivity contribution is 7.98. The molecule has 0 heterocycles. The fraction of sp³-hybridized carbons (Fsp3) is 0.0714. The number of thioether (sulfide) groups is 1. The summed E-state index contributed by atoms with van der Waals surface area (Å²) >= 11 is 6.76. The topological polar surface area (TPSA) is 38.0 Å². The molecule has 0 aliphatic rings. The standard InChI is InChI=1S/C14H14N2S2/c1-18-11-8-6-10(7-9-11)16-13-5-3-2-4-12(13)14(15)17/h2-9,16H,1H3,(H2,15,17). The Morgan fingerprint density at radius 3 is 2.39 bits per heavy atom. The number of thiocarbonyl (C=S) groups is 1. The number of hydrogen-bond acceptors (Lipinski definition) is 3. The summed E-state index contributed by atoms with van der Waals surface area (Å²) in [6.45, 7) is 0. The highest BCUT2D eigenvalue weighted by Crippen LogP contribution is 2.23. The molecule has 0 aromatic heterocycles. The Labute approximate surface area is 117 Å². The summed E-state index contributed by atoms with van der Waals surface area (Å²) in [6.07, 6.45) is 2.06. The van der Waals surface area contributed by atoms with Crippen LogP contribution in [0.5, 0.6) is 0 Å². The molecule has 0 spiro atoms. The second-order valence-corrected chi connectivity index (χ2v) is 5.08. The third-order valence-corrected chi connectivity index (χ3v) is 3.53. The third-order valence-electron chi connectivity index (χ3n) is 2.56. The molecule has 18 heavy (non-hydrogen) atoms. The van der Waals surface area contributed by atoms with Gasteiger partial charge < -0.3 is 11.1 Å². The van der Waals surface area contributed by atoms with Gasteiger partial charge in [0.05, 0.1) is 0 Å². The summed E-state index contributed by atoms with van der Waals surface area (Å²) in [5.41, 5.74) is 8.52. The zero-order valence-corrected chi connectivity index (χ0v) is 11.6. The van der Waals surface area contributed by atoms with Crippen LogP contribution in [0.2, 0.25) is 0 Å². The quantitative estimate of drug-likeness (QED) is 0.657. The number of benzene rings is 2. The first kappa shape index (κ1) is 12.9. The van der Waals surface area contributed by atoms with Crippen LogP contribution in [-0.4, -0.2) is 11.2 Å². The largest absolute Gasteiger partial charge is 0.389 e. The van der Waals surface area contributed by atoms with Crippen LogP contribution in [0, 0.1) is 0 Å². The average Bonchev–Trinajstić information content (AvgIpc) is 2.40. The SMILES string of the molecule is CSc1ccc(Nc2ccccc2C(N)=S)cc1. The van der Waals surface area contributed by atoms with Crippen molar-refractivity contribution in [1.29, 1.82) is 0 Å². The molecule has 0 atom stereocenters. The predicted molar refractivity (Wildman–Crippen MR) is 83.8 cm³/mol. The summed E-state index contributed by atoms with van der Waals surface area (Å²) in [4.78, 5) is 1.64. The van der Waals surface area contributed by atoms with Crippen LogP contribution in [0.25, 0.3) is 0 Å². The molecular weight excluding hydrogens is 260 g/mol. The minimum atomic E-state index is 0.402. The van der Waals surface area contributed by atoms with E-state index in [0.717, 1.165) is 16.9 Å². The summed E-state index contributed by atoms with van der Waals surface area (Å²) in [7, 11) is 0. The Bertz CT molecular complexity index is 550. The highest BCUT2D eigenvalue weighted by atomic mass is 32.2. The second kappa shape index (κ2) is 5.89. The van der Waals surface area contributed by atoms with Gasteiger partial charge in [-0.1, -0.05) is 24.4 Å². The van der Waals surface area contributed by atoms with E-state index in [0.29, 0.717) is 4.99 Å². The van der Waals surface area contributed by atoms with Crippen molar-refractivity contribution in [2.24, 2.45) is 5.73 Å². The smallest absolute Gasteiger partial charge is 0.106 e. The third kappa shape index (κ3) is 3.03. The molecule has 0 bridgehead atoms. The van der Waals surface area contributed by atoms with Crippen molar-refractivity contribution in [2.75, 3.05) is 11.6 Å². The van der Waals surface area contributed by atoms with Crippen molar-refractivity contribution in [3.05, 3.63) is 54.1 Å². The van der Waals surface area contributed by atoms with Crippen molar-refractivity contribution in [2.45, 2.75) is 4.90 Å². The Kier molecular flexibility index (Phi) is 4.23. The molecule has 0 saturated heterocycles. The lowest BCUT2D eigenvalue weighted by Gasteiger charge is -2.11. The molecule has 0 saturated carbocycles. The number of rotatable bonds is 4. The number of anilines is 2. The van der Waals surface area contributed by atoms with E-state index in [1.54, 1.807) is 11.8 Å². The van der Waals surface area contributed by atoms with Crippen LogP contribution in [0.1, 0.15) is 5.56 Å². The summed E-state index contributed by atoms with van der Waals surface area (Å²) in [6, 6.07) is 16.0. The van der Waals surface area contributed by atoms with Gasteiger partial charge in [-0.05, 0) is 42.7 Å². The van der Waals surface area contributed by atoms with Crippen molar-refractivity contribution >= 4 is 40.3 Å². The Morgan fingerprint density at radius 1 is 1.11 bits per heavy atom. The van der Waals surface area contributed by atoms with E-state index in [-0.39, 0.29) is 0 Å². The summed E-state index contributed by atoms with van der Waals surface area (Å²) in [5.74, 6) is 0. The highest BCUT2D eigenvalue weighted by Gasteiger charge is 2.04. The van der Waals surface area contributed by atoms with Gasteiger partial charge in [-0.2, -0.15) is 0 Å². The van der Waals surface area contributed by atoms with E-state index >= 15 is 0 Å². The van der Waals surface area contributed by atoms with Gasteiger partial charge in [0.15, 0.2) is 0 Å². The first-order chi connectivity index (χ1) is 8.70.